The number of nitrogens with zero attached hydrogens (tertiary/aromatic N) is 2. The van der Waals surface area contributed by atoms with Crippen molar-refractivity contribution in [1.29, 1.82) is 0 Å². The Bertz CT molecular complexity index is 546. The summed E-state index contributed by atoms with van der Waals surface area (Å²) in [6.45, 7) is 0.637. The summed E-state index contributed by atoms with van der Waals surface area (Å²) in [6.07, 6.45) is 0.185. The molecule has 3 rings (SSSR count). The lowest BCUT2D eigenvalue weighted by Crippen LogP contribution is -2.29. The van der Waals surface area contributed by atoms with Crippen molar-refractivity contribution in [1.82, 2.24) is 15.1 Å². The first-order valence-corrected chi connectivity index (χ1v) is 7.40. The monoisotopic (exact) mass is 301 g/mol. The van der Waals surface area contributed by atoms with Crippen LogP contribution in [0.15, 0.2) is 0 Å². The molecule has 0 unspecified atom stereocenters. The van der Waals surface area contributed by atoms with E-state index in [4.69, 9.17) is 0 Å². The molecule has 0 aromatic carbocycles. The van der Waals surface area contributed by atoms with Crippen LogP contribution in [0, 0.1) is 5.92 Å². The van der Waals surface area contributed by atoms with E-state index in [9.17, 15) is 18.0 Å². The second-order valence-corrected chi connectivity index (χ2v) is 5.77. The molecule has 0 radical (unpaired) electrons. The lowest BCUT2D eigenvalue weighted by molar-refractivity contribution is -0.142. The maximum atomic E-state index is 13.0. The molecule has 0 bridgehead atoms. The van der Waals surface area contributed by atoms with Crippen molar-refractivity contribution in [3.63, 3.8) is 0 Å². The number of hydrogen-bond acceptors (Lipinski definition) is 2. The van der Waals surface area contributed by atoms with Crippen LogP contribution in [0.5, 0.6) is 0 Å². The summed E-state index contributed by atoms with van der Waals surface area (Å²) in [5, 5.41) is 6.53. The molecule has 4 nitrogen and oxygen atoms in total. The average Bonchev–Trinajstić information content (AvgIpc) is 3.20. The molecule has 2 aliphatic rings. The van der Waals surface area contributed by atoms with Gasteiger partial charge in [0.25, 0.3) is 0 Å². The molecule has 1 aromatic heterocycles. The summed E-state index contributed by atoms with van der Waals surface area (Å²) >= 11 is 0. The lowest BCUT2D eigenvalue weighted by Gasteiger charge is -2.14. The molecule has 1 N–H and O–H groups in total. The van der Waals surface area contributed by atoms with Crippen LogP contribution < -0.4 is 5.32 Å². The fraction of sp³-hybridized carbons (Fsp3) is 0.714. The smallest absolute Gasteiger partial charge is 0.354 e. The molecule has 116 valence electrons. The first kappa shape index (κ1) is 14.4. The van der Waals surface area contributed by atoms with E-state index < -0.39 is 11.9 Å². The maximum Gasteiger partial charge on any atom is 0.435 e. The molecular formula is C14H18F3N3O. The Labute approximate surface area is 120 Å². The van der Waals surface area contributed by atoms with Crippen molar-refractivity contribution in [3.05, 3.63) is 17.0 Å². The Morgan fingerprint density at radius 1 is 1.29 bits per heavy atom. The molecule has 1 saturated carbocycles. The zero-order valence-corrected chi connectivity index (χ0v) is 11.7. The molecule has 1 fully saturated rings. The van der Waals surface area contributed by atoms with Crippen LogP contribution in [0.3, 0.4) is 0 Å². The highest BCUT2D eigenvalue weighted by atomic mass is 19.4. The molecule has 0 spiro atoms. The van der Waals surface area contributed by atoms with E-state index in [1.54, 1.807) is 0 Å². The zero-order valence-electron chi connectivity index (χ0n) is 11.7. The lowest BCUT2D eigenvalue weighted by atomic mass is 9.95. The largest absolute Gasteiger partial charge is 0.435 e. The molecular weight excluding hydrogens is 283 g/mol. The number of fused-ring (bicyclic) bond motifs is 1. The van der Waals surface area contributed by atoms with Gasteiger partial charge in [-0.2, -0.15) is 18.3 Å². The number of rotatable bonds is 4. The molecule has 0 saturated heterocycles. The van der Waals surface area contributed by atoms with Gasteiger partial charge in [0.2, 0.25) is 5.91 Å². The third-order valence-electron chi connectivity index (χ3n) is 4.10. The minimum absolute atomic E-state index is 0.00655. The van der Waals surface area contributed by atoms with Gasteiger partial charge < -0.3 is 5.32 Å². The van der Waals surface area contributed by atoms with Gasteiger partial charge in [0.15, 0.2) is 5.69 Å². The normalized spacial score (nSPS) is 18.4. The average molecular weight is 301 g/mol. The maximum absolute atomic E-state index is 13.0. The number of amides is 1. The van der Waals surface area contributed by atoms with Gasteiger partial charge in [-0.15, -0.1) is 0 Å². The van der Waals surface area contributed by atoms with Gasteiger partial charge in [0, 0.05) is 23.7 Å². The topological polar surface area (TPSA) is 46.9 Å². The highest BCUT2D eigenvalue weighted by Gasteiger charge is 2.39. The molecule has 0 aliphatic heterocycles. The number of hydrogen-bond donors (Lipinski definition) is 1. The highest BCUT2D eigenvalue weighted by Crippen LogP contribution is 2.35. The van der Waals surface area contributed by atoms with Crippen molar-refractivity contribution in [3.8, 4) is 0 Å². The van der Waals surface area contributed by atoms with Crippen molar-refractivity contribution < 1.29 is 18.0 Å². The quantitative estimate of drug-likeness (QED) is 0.927. The predicted octanol–water partition coefficient (Wildman–Crippen LogP) is 2.31. The van der Waals surface area contributed by atoms with Gasteiger partial charge in [-0.05, 0) is 38.5 Å². The molecule has 2 aliphatic carbocycles. The summed E-state index contributed by atoms with van der Waals surface area (Å²) in [6, 6.07) is 0. The molecule has 1 heterocycles. The third-order valence-corrected chi connectivity index (χ3v) is 4.10. The van der Waals surface area contributed by atoms with Crippen molar-refractivity contribution in [2.45, 2.75) is 51.2 Å². The van der Waals surface area contributed by atoms with E-state index >= 15 is 0 Å². The van der Waals surface area contributed by atoms with E-state index in [-0.39, 0.29) is 11.8 Å². The predicted molar refractivity (Wildman–Crippen MR) is 69.6 cm³/mol. The van der Waals surface area contributed by atoms with Crippen molar-refractivity contribution in [2.75, 3.05) is 6.54 Å². The Hall–Kier alpha value is -1.53. The second kappa shape index (κ2) is 5.35. The molecule has 21 heavy (non-hydrogen) atoms. The number of halogens is 3. The van der Waals surface area contributed by atoms with Gasteiger partial charge in [0.1, 0.15) is 0 Å². The number of aromatic nitrogens is 2. The van der Waals surface area contributed by atoms with E-state index in [1.807, 2.05) is 0 Å². The Kier molecular flexibility index (Phi) is 3.67. The van der Waals surface area contributed by atoms with E-state index in [2.05, 4.69) is 10.4 Å². The fourth-order valence-electron chi connectivity index (χ4n) is 2.86. The summed E-state index contributed by atoms with van der Waals surface area (Å²) in [4.78, 5) is 11.5. The Balaban J connectivity index is 1.72. The standard InChI is InChI=1S/C14H18F3N3O/c15-14(16,17)12-10-3-1-2-4-11(10)20(19-12)8-7-18-13(21)9-5-6-9/h9H,1-8H2,(H,18,21). The summed E-state index contributed by atoms with van der Waals surface area (Å²) in [5.74, 6) is 0.120. The van der Waals surface area contributed by atoms with E-state index in [0.29, 0.717) is 37.2 Å². The van der Waals surface area contributed by atoms with E-state index in [0.717, 1.165) is 25.7 Å². The number of nitrogens with one attached hydrogen (secondary N) is 1. The van der Waals surface area contributed by atoms with Gasteiger partial charge >= 0.3 is 6.18 Å². The van der Waals surface area contributed by atoms with Crippen LogP contribution in [-0.4, -0.2) is 22.2 Å². The van der Waals surface area contributed by atoms with Gasteiger partial charge in [0.05, 0.1) is 6.54 Å². The van der Waals surface area contributed by atoms with Crippen LogP contribution >= 0.6 is 0 Å². The van der Waals surface area contributed by atoms with Crippen LogP contribution in [-0.2, 0) is 30.4 Å². The zero-order chi connectivity index (χ0) is 15.0. The van der Waals surface area contributed by atoms with Crippen LogP contribution in [0.25, 0.3) is 0 Å². The molecule has 0 atom stereocenters. The fourth-order valence-corrected chi connectivity index (χ4v) is 2.86. The molecule has 7 heteroatoms. The first-order valence-electron chi connectivity index (χ1n) is 7.40. The van der Waals surface area contributed by atoms with Crippen molar-refractivity contribution in [2.24, 2.45) is 5.92 Å². The van der Waals surface area contributed by atoms with Crippen LogP contribution in [0.2, 0.25) is 0 Å². The van der Waals surface area contributed by atoms with Gasteiger partial charge in [-0.25, -0.2) is 0 Å². The molecule has 1 aromatic rings. The SMILES string of the molecule is O=C(NCCn1nc(C(F)(F)F)c2c1CCCC2)C1CC1. The molecule has 1 amide bonds. The van der Waals surface area contributed by atoms with Crippen LogP contribution in [0.1, 0.15) is 42.6 Å². The summed E-state index contributed by atoms with van der Waals surface area (Å²) in [5.41, 5.74) is 0.294. The van der Waals surface area contributed by atoms with Crippen molar-refractivity contribution >= 4 is 5.91 Å². The minimum atomic E-state index is -4.40. The summed E-state index contributed by atoms with van der Waals surface area (Å²) in [7, 11) is 0. The number of alkyl halides is 3. The minimum Gasteiger partial charge on any atom is -0.354 e. The van der Waals surface area contributed by atoms with Crippen LogP contribution in [0.4, 0.5) is 13.2 Å². The second-order valence-electron chi connectivity index (χ2n) is 5.77. The number of carbonyl (C=O) groups is 1. The summed E-state index contributed by atoms with van der Waals surface area (Å²) < 4.78 is 40.5. The number of carbonyl (C=O) groups excluding carboxylic acids is 1. The highest BCUT2D eigenvalue weighted by molar-refractivity contribution is 5.80. The first-order chi connectivity index (χ1) is 9.97. The third kappa shape index (κ3) is 3.06. The van der Waals surface area contributed by atoms with Gasteiger partial charge in [-0.1, -0.05) is 0 Å². The van der Waals surface area contributed by atoms with E-state index in [1.165, 1.54) is 4.68 Å². The Morgan fingerprint density at radius 2 is 2.00 bits per heavy atom. The van der Waals surface area contributed by atoms with Gasteiger partial charge in [-0.3, -0.25) is 9.48 Å². The Morgan fingerprint density at radius 3 is 2.67 bits per heavy atom.